The van der Waals surface area contributed by atoms with E-state index >= 15 is 0 Å². The van der Waals surface area contributed by atoms with Gasteiger partial charge >= 0.3 is 0 Å². The third kappa shape index (κ3) is 13.5. The van der Waals surface area contributed by atoms with Crippen molar-refractivity contribution in [2.24, 2.45) is 0 Å². The Hall–Kier alpha value is -13.3. The van der Waals surface area contributed by atoms with Crippen molar-refractivity contribution in [1.82, 2.24) is 0 Å². The number of aryl methyl sites for hydroxylation is 12. The topological polar surface area (TPSA) is 0 Å². The summed E-state index contributed by atoms with van der Waals surface area (Å²) in [4.78, 5) is 0. The summed E-state index contributed by atoms with van der Waals surface area (Å²) in [5.41, 5.74) is 57.5. The normalized spacial score (nSPS) is 12.7. The van der Waals surface area contributed by atoms with Crippen LogP contribution >= 0.6 is 0 Å². The average molecular weight is 1550 g/mol. The van der Waals surface area contributed by atoms with Crippen molar-refractivity contribution in [2.45, 2.75) is 128 Å². The van der Waals surface area contributed by atoms with Gasteiger partial charge in [-0.2, -0.15) is 0 Å². The van der Waals surface area contributed by atoms with E-state index in [4.69, 9.17) is 0 Å². The summed E-state index contributed by atoms with van der Waals surface area (Å²) in [5, 5.41) is 16.5. The Labute approximate surface area is 713 Å². The highest BCUT2D eigenvalue weighted by atomic mass is 14.3. The second-order valence-electron chi connectivity index (χ2n) is 36.1. The maximum Gasteiger partial charge on any atom is -0.000465 e. The van der Waals surface area contributed by atoms with E-state index in [1.54, 1.807) is 0 Å². The second kappa shape index (κ2) is 29.9. The second-order valence-corrected chi connectivity index (χ2v) is 36.1. The zero-order valence-corrected chi connectivity index (χ0v) is 71.8. The summed E-state index contributed by atoms with van der Waals surface area (Å²) >= 11 is 0. The van der Waals surface area contributed by atoms with Crippen LogP contribution in [0.5, 0.6) is 0 Å². The number of hydrogen-bond acceptors (Lipinski definition) is 0. The number of fused-ring (bicyclic) bond motifs is 31. The highest BCUT2D eigenvalue weighted by molar-refractivity contribution is 6.05. The summed E-state index contributed by atoms with van der Waals surface area (Å²) in [7, 11) is 0. The van der Waals surface area contributed by atoms with Gasteiger partial charge in [-0.3, -0.25) is 0 Å². The summed E-state index contributed by atoms with van der Waals surface area (Å²) in [5.74, 6) is 0. The molecule has 0 fully saturated rings. The lowest BCUT2D eigenvalue weighted by Gasteiger charge is -2.11. The van der Waals surface area contributed by atoms with Gasteiger partial charge in [0, 0.05) is 0 Å². The fourth-order valence-electron chi connectivity index (χ4n) is 21.8. The monoisotopic (exact) mass is 1550 g/mol. The minimum Gasteiger partial charge on any atom is -0.0616 e. The third-order valence-electron chi connectivity index (χ3n) is 27.4. The van der Waals surface area contributed by atoms with Crippen LogP contribution in [0.25, 0.3) is 143 Å². The molecule has 7 aliphatic rings. The highest BCUT2D eigenvalue weighted by Crippen LogP contribution is 2.51. The van der Waals surface area contributed by atoms with Crippen LogP contribution in [0.3, 0.4) is 0 Å². The molecule has 26 rings (SSSR count). The van der Waals surface area contributed by atoms with E-state index in [0.29, 0.717) is 0 Å². The standard InChI is InChI=1S/C26H20.5C19H16/c1-15-7-8-22-17(9-15)11-18-14-25-19(13-24(18)22)12-20-10-16(2)21-5-3-4-6-23(21)26(20)25;1-12-3-6-16-14(9-12)5-8-18-17-7-4-13(2)10-15(17)11-19(16)18;1-12-3-5-14-11-19-17(9-15(14)7-12)10-16-8-13(2)4-6-18(16)19;1-12-7-13(2)17-11-16-9-14-5-3-4-6-15(14)10-18(16)19(17)8-12;1-12-9-13(2)17-11-15-8-7-14-5-3-4-6-16(14)19(15)18(17)10-12;1-12-9-13(2)17-11-19-15-6-4-3-5-14(15)7-8-16(19)18(17)10-12/h3-10,13-14H,11-12H2,1-2H3;3-10H,11H2,1-2H3;3-9,11H,10H2,1-2H3;3*3-10H,11H2,1-2H3. The Kier molecular flexibility index (Phi) is 18.6. The predicted molar refractivity (Wildman–Crippen MR) is 518 cm³/mol. The van der Waals surface area contributed by atoms with Crippen LogP contribution < -0.4 is 0 Å². The SMILES string of the molecule is Cc1cc(C)c2c(c1)-c1c(ccc3ccccc13)C2.Cc1cc(C)c2c(c1)-c1cc3ccccc3cc1C2.Cc1cc(C)c2c(c1)-c1ccc3ccccc3c1C2.Cc1ccc2c(c1)Cc1c-2ccc2cc(C)ccc12.Cc1ccc2c(c1)Cc1cc3c(cc1-2)Cc1cc(C)c2ccccc2c1-3.Cc1ccc2c(c1)Cc1cc3cc(C)ccc3cc1-2. The first-order valence-electron chi connectivity index (χ1n) is 43.7. The molecule has 0 saturated heterocycles. The van der Waals surface area contributed by atoms with E-state index in [9.17, 15) is 0 Å². The van der Waals surface area contributed by atoms with Crippen LogP contribution in [0.1, 0.15) is 145 Å². The average Bonchev–Trinajstić information content (AvgIpc) is 1.58. The van der Waals surface area contributed by atoms with Crippen molar-refractivity contribution < 1.29 is 0 Å². The maximum absolute atomic E-state index is 2.48. The maximum atomic E-state index is 2.48. The van der Waals surface area contributed by atoms with Crippen LogP contribution in [0, 0.1) is 83.1 Å². The summed E-state index contributed by atoms with van der Waals surface area (Å²) in [6.45, 7) is 26.4. The molecule has 0 spiro atoms. The smallest absolute Gasteiger partial charge is 0.000465 e. The van der Waals surface area contributed by atoms with Gasteiger partial charge in [0.1, 0.15) is 0 Å². The Morgan fingerprint density at radius 3 is 1.16 bits per heavy atom. The molecule has 121 heavy (non-hydrogen) atoms. The molecule has 19 aromatic rings. The van der Waals surface area contributed by atoms with Crippen molar-refractivity contribution in [3.63, 3.8) is 0 Å². The molecule has 7 aliphatic carbocycles. The molecule has 0 N–H and O–H groups in total. The predicted octanol–water partition coefficient (Wildman–Crippen LogP) is 31.7. The van der Waals surface area contributed by atoms with Crippen molar-refractivity contribution in [2.75, 3.05) is 0 Å². The molecule has 0 unspecified atom stereocenters. The van der Waals surface area contributed by atoms with E-state index in [2.05, 4.69) is 386 Å². The van der Waals surface area contributed by atoms with E-state index < -0.39 is 0 Å². The van der Waals surface area contributed by atoms with E-state index in [1.807, 2.05) is 0 Å². The molecule has 0 heteroatoms. The zero-order valence-electron chi connectivity index (χ0n) is 71.8. The van der Waals surface area contributed by atoms with Gasteiger partial charge in [0.15, 0.2) is 0 Å². The molecule has 0 aromatic heterocycles. The molecular weight excluding hydrogens is 1450 g/mol. The summed E-state index contributed by atoms with van der Waals surface area (Å²) < 4.78 is 0. The number of rotatable bonds is 0. The van der Waals surface area contributed by atoms with Crippen LogP contribution in [0.4, 0.5) is 0 Å². The molecular formula is C121H100. The zero-order chi connectivity index (χ0) is 82.3. The minimum absolute atomic E-state index is 1.06. The minimum atomic E-state index is 1.06. The quantitative estimate of drug-likeness (QED) is 0.142. The van der Waals surface area contributed by atoms with E-state index in [0.717, 1.165) is 44.9 Å². The number of hydrogen-bond donors (Lipinski definition) is 0. The van der Waals surface area contributed by atoms with Gasteiger partial charge in [-0.25, -0.2) is 0 Å². The van der Waals surface area contributed by atoms with E-state index in [-0.39, 0.29) is 0 Å². The fourth-order valence-corrected chi connectivity index (χ4v) is 21.8. The van der Waals surface area contributed by atoms with Crippen molar-refractivity contribution in [3.8, 4) is 77.9 Å². The molecule has 0 saturated carbocycles. The molecule has 0 heterocycles. The van der Waals surface area contributed by atoms with Crippen LogP contribution in [-0.2, 0) is 44.9 Å². The van der Waals surface area contributed by atoms with Crippen molar-refractivity contribution in [1.29, 1.82) is 0 Å². The summed E-state index contributed by atoms with van der Waals surface area (Å²) in [6.07, 6.45) is 7.54. The van der Waals surface area contributed by atoms with Gasteiger partial charge in [0.25, 0.3) is 0 Å². The lowest BCUT2D eigenvalue weighted by molar-refractivity contribution is 1.21. The largest absolute Gasteiger partial charge is 0.0616 e. The van der Waals surface area contributed by atoms with Crippen LogP contribution in [0.2, 0.25) is 0 Å². The van der Waals surface area contributed by atoms with Gasteiger partial charge < -0.3 is 0 Å². The molecule has 0 amide bonds. The highest BCUT2D eigenvalue weighted by Gasteiger charge is 2.30. The van der Waals surface area contributed by atoms with E-state index in [1.165, 1.54) is 287 Å². The molecule has 0 aliphatic heterocycles. The molecule has 0 radical (unpaired) electrons. The lowest BCUT2D eigenvalue weighted by atomic mass is 9.93. The van der Waals surface area contributed by atoms with Gasteiger partial charge in [0.2, 0.25) is 0 Å². The molecule has 0 bridgehead atoms. The first kappa shape index (κ1) is 75.2. The van der Waals surface area contributed by atoms with Crippen LogP contribution in [-0.4, -0.2) is 0 Å². The molecule has 19 aromatic carbocycles. The fraction of sp³-hybridized carbons (Fsp3) is 0.157. The Morgan fingerprint density at radius 1 is 0.140 bits per heavy atom. The van der Waals surface area contributed by atoms with Gasteiger partial charge in [-0.05, 0) is 395 Å². The van der Waals surface area contributed by atoms with Gasteiger partial charge in [0.05, 0.1) is 0 Å². The van der Waals surface area contributed by atoms with Gasteiger partial charge in [-0.1, -0.05) is 324 Å². The first-order valence-corrected chi connectivity index (χ1v) is 43.7. The third-order valence-corrected chi connectivity index (χ3v) is 27.4. The van der Waals surface area contributed by atoms with Crippen molar-refractivity contribution >= 4 is 64.6 Å². The molecule has 0 nitrogen and oxygen atoms in total. The van der Waals surface area contributed by atoms with Gasteiger partial charge in [-0.15, -0.1) is 0 Å². The Morgan fingerprint density at radius 2 is 0.496 bits per heavy atom. The Bertz CT molecular complexity index is 7570. The first-order chi connectivity index (χ1) is 58.8. The molecule has 584 valence electrons. The summed E-state index contributed by atoms with van der Waals surface area (Å²) in [6, 6.07) is 113. The number of benzene rings is 19. The Balaban J connectivity index is 0.0000000900. The lowest BCUT2D eigenvalue weighted by Crippen LogP contribution is -1.87. The van der Waals surface area contributed by atoms with Crippen molar-refractivity contribution in [3.05, 3.63) is 448 Å². The molecule has 0 atom stereocenters. The van der Waals surface area contributed by atoms with Crippen LogP contribution in [0.15, 0.2) is 303 Å².